The number of amides is 1. The van der Waals surface area contributed by atoms with Crippen molar-refractivity contribution in [3.8, 4) is 17.4 Å². The molecule has 0 aliphatic rings. The molecule has 1 N–H and O–H groups in total. The summed E-state index contributed by atoms with van der Waals surface area (Å²) in [7, 11) is 0. The fraction of sp³-hybridized carbons (Fsp3) is 0. The van der Waals surface area contributed by atoms with Crippen LogP contribution in [0.15, 0.2) is 81.2 Å². The molecule has 3 aromatic rings. The number of nitrogens with one attached hydrogen (secondary N) is 1. The summed E-state index contributed by atoms with van der Waals surface area (Å²) < 4.78 is 6.70. The Morgan fingerprint density at radius 2 is 1.76 bits per heavy atom. The Kier molecular flexibility index (Phi) is 5.12. The lowest BCUT2D eigenvalue weighted by molar-refractivity contribution is -0.112. The second-order valence-electron chi connectivity index (χ2n) is 5.20. The Morgan fingerprint density at radius 1 is 1.04 bits per heavy atom. The van der Waals surface area contributed by atoms with Gasteiger partial charge in [-0.1, -0.05) is 46.3 Å². The zero-order valence-corrected chi connectivity index (χ0v) is 14.7. The molecule has 0 bridgehead atoms. The Balaban J connectivity index is 1.80. The topological polar surface area (TPSA) is 66.0 Å². The van der Waals surface area contributed by atoms with E-state index < -0.39 is 5.91 Å². The minimum atomic E-state index is -0.477. The van der Waals surface area contributed by atoms with Crippen LogP contribution in [-0.4, -0.2) is 5.91 Å². The van der Waals surface area contributed by atoms with Crippen molar-refractivity contribution in [3.05, 3.63) is 82.5 Å². The van der Waals surface area contributed by atoms with E-state index in [0.29, 0.717) is 17.2 Å². The third-order valence-electron chi connectivity index (χ3n) is 3.44. The van der Waals surface area contributed by atoms with Crippen LogP contribution in [0.1, 0.15) is 5.76 Å². The normalized spacial score (nSPS) is 11.0. The summed E-state index contributed by atoms with van der Waals surface area (Å²) in [5, 5.41) is 11.9. The van der Waals surface area contributed by atoms with Gasteiger partial charge in [0.25, 0.3) is 5.91 Å². The molecule has 1 amide bonds. The maximum Gasteiger partial charge on any atom is 0.266 e. The summed E-state index contributed by atoms with van der Waals surface area (Å²) in [5.41, 5.74) is 1.51. The molecular weight excluding hydrogens is 380 g/mol. The van der Waals surface area contributed by atoms with Crippen molar-refractivity contribution < 1.29 is 9.21 Å². The van der Waals surface area contributed by atoms with Crippen molar-refractivity contribution in [2.24, 2.45) is 0 Å². The minimum Gasteiger partial charge on any atom is -0.457 e. The van der Waals surface area contributed by atoms with Crippen molar-refractivity contribution in [3.63, 3.8) is 0 Å². The number of benzene rings is 2. The molecule has 0 saturated heterocycles. The van der Waals surface area contributed by atoms with Gasteiger partial charge in [-0.3, -0.25) is 4.79 Å². The number of para-hydroxylation sites is 1. The lowest BCUT2D eigenvalue weighted by atomic mass is 10.2. The van der Waals surface area contributed by atoms with Gasteiger partial charge in [-0.15, -0.1) is 0 Å². The zero-order chi connectivity index (χ0) is 17.6. The third kappa shape index (κ3) is 4.25. The van der Waals surface area contributed by atoms with Gasteiger partial charge in [-0.2, -0.15) is 5.26 Å². The van der Waals surface area contributed by atoms with Crippen LogP contribution in [0.4, 0.5) is 5.69 Å². The molecule has 1 heterocycles. The van der Waals surface area contributed by atoms with Crippen LogP contribution in [0, 0.1) is 11.3 Å². The van der Waals surface area contributed by atoms with Crippen molar-refractivity contribution in [2.45, 2.75) is 0 Å². The van der Waals surface area contributed by atoms with E-state index in [1.807, 2.05) is 48.5 Å². The summed E-state index contributed by atoms with van der Waals surface area (Å²) in [6.45, 7) is 0. The average Bonchev–Trinajstić information content (AvgIpc) is 3.09. The number of rotatable bonds is 4. The molecule has 2 aromatic carbocycles. The fourth-order valence-electron chi connectivity index (χ4n) is 2.21. The number of carbonyl (C=O) groups excluding carboxylic acids is 1. The van der Waals surface area contributed by atoms with Crippen LogP contribution in [0.2, 0.25) is 0 Å². The number of carbonyl (C=O) groups is 1. The van der Waals surface area contributed by atoms with E-state index in [1.165, 1.54) is 6.08 Å². The summed E-state index contributed by atoms with van der Waals surface area (Å²) in [6, 6.07) is 22.1. The lowest BCUT2D eigenvalue weighted by Crippen LogP contribution is -2.13. The first-order chi connectivity index (χ1) is 12.2. The summed E-state index contributed by atoms with van der Waals surface area (Å²) in [5.74, 6) is 0.632. The van der Waals surface area contributed by atoms with Crippen LogP contribution in [0.3, 0.4) is 0 Å². The molecule has 3 rings (SSSR count). The van der Waals surface area contributed by atoms with Crippen molar-refractivity contribution in [2.75, 3.05) is 5.32 Å². The van der Waals surface area contributed by atoms with Gasteiger partial charge in [0, 0.05) is 21.8 Å². The summed E-state index contributed by atoms with van der Waals surface area (Å²) in [6.07, 6.45) is 1.43. The highest BCUT2D eigenvalue weighted by molar-refractivity contribution is 9.10. The first-order valence-electron chi connectivity index (χ1n) is 7.50. The highest BCUT2D eigenvalue weighted by Gasteiger charge is 2.11. The Hall–Kier alpha value is -3.10. The van der Waals surface area contributed by atoms with Crippen molar-refractivity contribution in [1.29, 1.82) is 5.26 Å². The second-order valence-corrected chi connectivity index (χ2v) is 6.11. The SMILES string of the molecule is N#CC(=Cc1ccc(-c2ccc(Br)cc2)o1)C(=O)Nc1ccccc1. The van der Waals surface area contributed by atoms with Crippen LogP contribution in [-0.2, 0) is 4.79 Å². The van der Waals surface area contributed by atoms with E-state index in [0.717, 1.165) is 10.0 Å². The Bertz CT molecular complexity index is 951. The quantitative estimate of drug-likeness (QED) is 0.486. The van der Waals surface area contributed by atoms with Gasteiger partial charge >= 0.3 is 0 Å². The van der Waals surface area contributed by atoms with Crippen LogP contribution in [0.25, 0.3) is 17.4 Å². The lowest BCUT2D eigenvalue weighted by Gasteiger charge is -2.03. The second kappa shape index (κ2) is 7.65. The first-order valence-corrected chi connectivity index (χ1v) is 8.29. The third-order valence-corrected chi connectivity index (χ3v) is 3.97. The van der Waals surface area contributed by atoms with Gasteiger partial charge in [-0.05, 0) is 36.4 Å². The van der Waals surface area contributed by atoms with Crippen molar-refractivity contribution in [1.82, 2.24) is 0 Å². The molecule has 0 aliphatic carbocycles. The molecule has 0 radical (unpaired) electrons. The zero-order valence-electron chi connectivity index (χ0n) is 13.1. The number of furan rings is 1. The van der Waals surface area contributed by atoms with Gasteiger partial charge in [0.15, 0.2) is 0 Å². The molecule has 0 spiro atoms. The van der Waals surface area contributed by atoms with Crippen LogP contribution in [0.5, 0.6) is 0 Å². The van der Waals surface area contributed by atoms with Gasteiger partial charge in [0.05, 0.1) is 0 Å². The number of anilines is 1. The van der Waals surface area contributed by atoms with E-state index in [9.17, 15) is 10.1 Å². The highest BCUT2D eigenvalue weighted by Crippen LogP contribution is 2.25. The van der Waals surface area contributed by atoms with Crippen molar-refractivity contribution >= 4 is 33.6 Å². The smallest absolute Gasteiger partial charge is 0.266 e. The van der Waals surface area contributed by atoms with E-state index in [1.54, 1.807) is 24.3 Å². The first kappa shape index (κ1) is 16.7. The maximum atomic E-state index is 12.2. The molecule has 0 atom stereocenters. The molecule has 4 nitrogen and oxygen atoms in total. The van der Waals surface area contributed by atoms with Crippen LogP contribution >= 0.6 is 15.9 Å². The van der Waals surface area contributed by atoms with Gasteiger partial charge in [0.2, 0.25) is 0 Å². The van der Waals surface area contributed by atoms with E-state index in [2.05, 4.69) is 21.2 Å². The fourth-order valence-corrected chi connectivity index (χ4v) is 2.47. The molecule has 0 unspecified atom stereocenters. The molecular formula is C20H13BrN2O2. The highest BCUT2D eigenvalue weighted by atomic mass is 79.9. The number of nitriles is 1. The molecule has 122 valence electrons. The largest absolute Gasteiger partial charge is 0.457 e. The molecule has 0 saturated carbocycles. The van der Waals surface area contributed by atoms with Gasteiger partial charge < -0.3 is 9.73 Å². The summed E-state index contributed by atoms with van der Waals surface area (Å²) in [4.78, 5) is 12.2. The van der Waals surface area contributed by atoms with E-state index in [4.69, 9.17) is 4.42 Å². The number of halogens is 1. The predicted molar refractivity (Wildman–Crippen MR) is 101 cm³/mol. The molecule has 1 aromatic heterocycles. The average molecular weight is 393 g/mol. The molecule has 0 fully saturated rings. The maximum absolute atomic E-state index is 12.2. The number of hydrogen-bond acceptors (Lipinski definition) is 3. The van der Waals surface area contributed by atoms with E-state index in [-0.39, 0.29) is 5.57 Å². The predicted octanol–water partition coefficient (Wildman–Crippen LogP) is 5.25. The molecule has 0 aliphatic heterocycles. The molecule has 5 heteroatoms. The Labute approximate surface area is 153 Å². The Morgan fingerprint density at radius 3 is 2.44 bits per heavy atom. The van der Waals surface area contributed by atoms with Gasteiger partial charge in [-0.25, -0.2) is 0 Å². The summed E-state index contributed by atoms with van der Waals surface area (Å²) >= 11 is 3.39. The standard InChI is InChI=1S/C20H13BrN2O2/c21-16-8-6-14(7-9-16)19-11-10-18(25-19)12-15(13-22)20(24)23-17-4-2-1-3-5-17/h1-12H,(H,23,24). The number of hydrogen-bond donors (Lipinski definition) is 1. The van der Waals surface area contributed by atoms with Crippen LogP contribution < -0.4 is 5.32 Å². The monoisotopic (exact) mass is 392 g/mol. The molecule has 25 heavy (non-hydrogen) atoms. The van der Waals surface area contributed by atoms with E-state index >= 15 is 0 Å². The van der Waals surface area contributed by atoms with Gasteiger partial charge in [0.1, 0.15) is 23.2 Å². The minimum absolute atomic E-state index is 0.0273. The number of nitrogens with zero attached hydrogens (tertiary/aromatic N) is 1.